The Morgan fingerprint density at radius 1 is 1.70 bits per heavy atom. The molecular weight excluding hydrogens is 132 g/mol. The minimum Gasteiger partial charge on any atom is -0.316 e. The largest absolute Gasteiger partial charge is 0.316 e. The molecule has 0 radical (unpaired) electrons. The van der Waals surface area contributed by atoms with Gasteiger partial charge in [0.15, 0.2) is 0 Å². The molecule has 58 valence electrons. The number of hydrogen-bond donors (Lipinski definition) is 3. The highest BCUT2D eigenvalue weighted by molar-refractivity contribution is 5.74. The first-order valence-corrected chi connectivity index (χ1v) is 3.46. The number of hydroxylamine groups is 1. The minimum atomic E-state index is -0.285. The fourth-order valence-corrected chi connectivity index (χ4v) is 0.944. The topological polar surface area (TPSA) is 61.4 Å². The van der Waals surface area contributed by atoms with Crippen LogP contribution in [0.5, 0.6) is 0 Å². The van der Waals surface area contributed by atoms with Crippen molar-refractivity contribution in [3.8, 4) is 0 Å². The molecule has 3 N–H and O–H groups in total. The third-order valence-electron chi connectivity index (χ3n) is 1.77. The van der Waals surface area contributed by atoms with Crippen molar-refractivity contribution in [2.75, 3.05) is 13.1 Å². The van der Waals surface area contributed by atoms with Crippen LogP contribution < -0.4 is 10.8 Å². The molecule has 0 aromatic rings. The summed E-state index contributed by atoms with van der Waals surface area (Å²) in [5.41, 5.74) is 1.61. The van der Waals surface area contributed by atoms with E-state index in [-0.39, 0.29) is 5.91 Å². The molecule has 0 aliphatic carbocycles. The molecule has 1 aliphatic heterocycles. The average Bonchev–Trinajstić information content (AvgIpc) is 1.84. The van der Waals surface area contributed by atoms with Gasteiger partial charge < -0.3 is 5.32 Å². The molecule has 0 bridgehead atoms. The Labute approximate surface area is 59.6 Å². The molecule has 1 amide bonds. The van der Waals surface area contributed by atoms with E-state index in [1.165, 1.54) is 0 Å². The molecule has 4 nitrogen and oxygen atoms in total. The first-order chi connectivity index (χ1) is 4.83. The Hall–Kier alpha value is -0.610. The standard InChI is InChI=1S/C6H12N2O2/c9-6(8-10)2-1-5-3-7-4-5/h5,7,10H,1-4H2,(H,8,9). The molecule has 0 aromatic carbocycles. The van der Waals surface area contributed by atoms with Gasteiger partial charge in [0.1, 0.15) is 0 Å². The highest BCUT2D eigenvalue weighted by Gasteiger charge is 2.16. The molecule has 10 heavy (non-hydrogen) atoms. The normalized spacial score (nSPS) is 18.1. The highest BCUT2D eigenvalue weighted by atomic mass is 16.5. The van der Waals surface area contributed by atoms with Crippen LogP contribution in [0.3, 0.4) is 0 Å². The number of rotatable bonds is 3. The lowest BCUT2D eigenvalue weighted by Gasteiger charge is -2.26. The zero-order chi connectivity index (χ0) is 7.40. The Morgan fingerprint density at radius 2 is 2.40 bits per heavy atom. The van der Waals surface area contributed by atoms with Gasteiger partial charge >= 0.3 is 0 Å². The molecule has 4 heteroatoms. The van der Waals surface area contributed by atoms with Crippen LogP contribution in [-0.4, -0.2) is 24.2 Å². The number of carbonyl (C=O) groups is 1. The Kier molecular flexibility index (Phi) is 2.65. The van der Waals surface area contributed by atoms with E-state index in [9.17, 15) is 4.79 Å². The van der Waals surface area contributed by atoms with Gasteiger partial charge in [0.2, 0.25) is 5.91 Å². The van der Waals surface area contributed by atoms with Crippen LogP contribution in [0.25, 0.3) is 0 Å². The summed E-state index contributed by atoms with van der Waals surface area (Å²) in [7, 11) is 0. The molecule has 0 spiro atoms. The van der Waals surface area contributed by atoms with Gasteiger partial charge in [-0.25, -0.2) is 5.48 Å². The lowest BCUT2D eigenvalue weighted by molar-refractivity contribution is -0.129. The van der Waals surface area contributed by atoms with Crippen LogP contribution in [0.15, 0.2) is 0 Å². The van der Waals surface area contributed by atoms with Crippen LogP contribution in [0.4, 0.5) is 0 Å². The Bertz CT molecular complexity index is 123. The minimum absolute atomic E-state index is 0.285. The number of carbonyl (C=O) groups excluding carboxylic acids is 1. The van der Waals surface area contributed by atoms with Crippen LogP contribution in [0.2, 0.25) is 0 Å². The monoisotopic (exact) mass is 144 g/mol. The average molecular weight is 144 g/mol. The summed E-state index contributed by atoms with van der Waals surface area (Å²) < 4.78 is 0. The van der Waals surface area contributed by atoms with Crippen LogP contribution >= 0.6 is 0 Å². The summed E-state index contributed by atoms with van der Waals surface area (Å²) in [5.74, 6) is 0.351. The zero-order valence-electron chi connectivity index (χ0n) is 5.76. The van der Waals surface area contributed by atoms with E-state index < -0.39 is 0 Å². The van der Waals surface area contributed by atoms with Crippen molar-refractivity contribution < 1.29 is 10.0 Å². The van der Waals surface area contributed by atoms with E-state index in [1.54, 1.807) is 5.48 Å². The molecule has 1 fully saturated rings. The molecule has 0 atom stereocenters. The van der Waals surface area contributed by atoms with Crippen molar-refractivity contribution >= 4 is 5.91 Å². The summed E-state index contributed by atoms with van der Waals surface area (Å²) in [6.07, 6.45) is 1.31. The molecule has 1 saturated heterocycles. The molecule has 1 heterocycles. The zero-order valence-corrected chi connectivity index (χ0v) is 5.76. The van der Waals surface area contributed by atoms with E-state index >= 15 is 0 Å². The lowest BCUT2D eigenvalue weighted by atomic mass is 9.97. The van der Waals surface area contributed by atoms with E-state index in [4.69, 9.17) is 5.21 Å². The van der Waals surface area contributed by atoms with Crippen molar-refractivity contribution in [1.82, 2.24) is 10.8 Å². The van der Waals surface area contributed by atoms with Crippen molar-refractivity contribution in [3.05, 3.63) is 0 Å². The van der Waals surface area contributed by atoms with E-state index in [0.29, 0.717) is 12.3 Å². The van der Waals surface area contributed by atoms with E-state index in [2.05, 4.69) is 5.32 Å². The van der Waals surface area contributed by atoms with Crippen molar-refractivity contribution in [1.29, 1.82) is 0 Å². The SMILES string of the molecule is O=C(CCC1CNC1)NO. The first-order valence-electron chi connectivity index (χ1n) is 3.46. The maximum atomic E-state index is 10.5. The molecule has 0 unspecified atom stereocenters. The second-order valence-corrected chi connectivity index (χ2v) is 2.60. The second-order valence-electron chi connectivity index (χ2n) is 2.60. The predicted octanol–water partition coefficient (Wildman–Crippen LogP) is -0.509. The Balaban J connectivity index is 1.98. The highest BCUT2D eigenvalue weighted by Crippen LogP contribution is 2.09. The third kappa shape index (κ3) is 1.97. The molecule has 0 saturated carbocycles. The van der Waals surface area contributed by atoms with Gasteiger partial charge in [-0.05, 0) is 25.4 Å². The van der Waals surface area contributed by atoms with Crippen molar-refractivity contribution in [2.45, 2.75) is 12.8 Å². The summed E-state index contributed by atoms with van der Waals surface area (Å²) >= 11 is 0. The summed E-state index contributed by atoms with van der Waals surface area (Å²) in [6, 6.07) is 0. The van der Waals surface area contributed by atoms with E-state index in [0.717, 1.165) is 19.5 Å². The summed E-state index contributed by atoms with van der Waals surface area (Å²) in [6.45, 7) is 2.03. The smallest absolute Gasteiger partial charge is 0.243 e. The number of hydrogen-bond acceptors (Lipinski definition) is 3. The molecular formula is C6H12N2O2. The summed E-state index contributed by atoms with van der Waals surface area (Å²) in [4.78, 5) is 10.5. The van der Waals surface area contributed by atoms with Gasteiger partial charge in [-0.15, -0.1) is 0 Å². The molecule has 1 rings (SSSR count). The lowest BCUT2D eigenvalue weighted by Crippen LogP contribution is -2.42. The van der Waals surface area contributed by atoms with Crippen molar-refractivity contribution in [3.63, 3.8) is 0 Å². The predicted molar refractivity (Wildman–Crippen MR) is 35.5 cm³/mol. The number of amides is 1. The Morgan fingerprint density at radius 3 is 2.80 bits per heavy atom. The van der Waals surface area contributed by atoms with Gasteiger partial charge in [-0.2, -0.15) is 0 Å². The maximum Gasteiger partial charge on any atom is 0.243 e. The van der Waals surface area contributed by atoms with Gasteiger partial charge in [0, 0.05) is 6.42 Å². The van der Waals surface area contributed by atoms with Crippen LogP contribution in [0.1, 0.15) is 12.8 Å². The van der Waals surface area contributed by atoms with Crippen LogP contribution in [0, 0.1) is 5.92 Å². The van der Waals surface area contributed by atoms with Gasteiger partial charge in [-0.1, -0.05) is 0 Å². The second kappa shape index (κ2) is 3.53. The third-order valence-corrected chi connectivity index (χ3v) is 1.77. The first kappa shape index (κ1) is 7.50. The number of nitrogens with one attached hydrogen (secondary N) is 2. The van der Waals surface area contributed by atoms with Crippen molar-refractivity contribution in [2.24, 2.45) is 5.92 Å². The fourth-order valence-electron chi connectivity index (χ4n) is 0.944. The quantitative estimate of drug-likeness (QED) is 0.369. The molecule has 1 aliphatic rings. The van der Waals surface area contributed by atoms with E-state index in [1.807, 2.05) is 0 Å². The van der Waals surface area contributed by atoms with Gasteiger partial charge in [0.05, 0.1) is 0 Å². The van der Waals surface area contributed by atoms with Gasteiger partial charge in [0.25, 0.3) is 0 Å². The molecule has 0 aromatic heterocycles. The van der Waals surface area contributed by atoms with Crippen LogP contribution in [-0.2, 0) is 4.79 Å². The maximum absolute atomic E-state index is 10.5. The van der Waals surface area contributed by atoms with Gasteiger partial charge in [-0.3, -0.25) is 10.0 Å². The fraction of sp³-hybridized carbons (Fsp3) is 0.833. The summed E-state index contributed by atoms with van der Waals surface area (Å²) in [5, 5.41) is 11.2.